The van der Waals surface area contributed by atoms with E-state index < -0.39 is 4.92 Å². The molecule has 0 saturated heterocycles. The molecular weight excluding hydrogens is 260 g/mol. The number of hydrogen-bond acceptors (Lipinski definition) is 5. The monoisotopic (exact) mass is 272 g/mol. The van der Waals surface area contributed by atoms with Gasteiger partial charge in [-0.25, -0.2) is 0 Å². The van der Waals surface area contributed by atoms with Gasteiger partial charge in [-0.1, -0.05) is 17.7 Å². The van der Waals surface area contributed by atoms with Crippen molar-refractivity contribution in [2.24, 2.45) is 5.73 Å². The number of nitro groups is 1. The largest absolute Gasteiger partial charge is 0.480 e. The number of nitro benzene ring substituents is 1. The lowest BCUT2D eigenvalue weighted by Gasteiger charge is -2.40. The third-order valence-electron chi connectivity index (χ3n) is 2.98. The van der Waals surface area contributed by atoms with E-state index in [4.69, 9.17) is 26.8 Å². The zero-order chi connectivity index (χ0) is 13.3. The van der Waals surface area contributed by atoms with Crippen molar-refractivity contribution in [1.82, 2.24) is 0 Å². The second kappa shape index (κ2) is 5.09. The molecule has 98 valence electrons. The van der Waals surface area contributed by atoms with Crippen LogP contribution in [0.3, 0.4) is 0 Å². The van der Waals surface area contributed by atoms with Gasteiger partial charge in [0.05, 0.1) is 9.95 Å². The van der Waals surface area contributed by atoms with Gasteiger partial charge in [0.1, 0.15) is 12.2 Å². The van der Waals surface area contributed by atoms with Crippen molar-refractivity contribution in [2.75, 3.05) is 7.11 Å². The van der Waals surface area contributed by atoms with Gasteiger partial charge in [-0.05, 0) is 6.07 Å². The molecular formula is C11H13ClN2O4. The van der Waals surface area contributed by atoms with E-state index in [1.54, 1.807) is 6.07 Å². The molecule has 0 bridgehead atoms. The Morgan fingerprint density at radius 3 is 2.83 bits per heavy atom. The molecule has 0 aliphatic heterocycles. The molecule has 1 aromatic carbocycles. The maximum atomic E-state index is 10.9. The summed E-state index contributed by atoms with van der Waals surface area (Å²) < 4.78 is 10.7. The van der Waals surface area contributed by atoms with Crippen molar-refractivity contribution in [2.45, 2.75) is 24.7 Å². The normalized spacial score (nSPS) is 26.5. The topological polar surface area (TPSA) is 87.6 Å². The molecule has 3 atom stereocenters. The van der Waals surface area contributed by atoms with Gasteiger partial charge in [0.2, 0.25) is 5.75 Å². The molecule has 7 heteroatoms. The Hall–Kier alpha value is -1.37. The first-order valence-corrected chi connectivity index (χ1v) is 5.80. The Morgan fingerprint density at radius 1 is 1.56 bits per heavy atom. The number of halogens is 1. The zero-order valence-electron chi connectivity index (χ0n) is 9.71. The van der Waals surface area contributed by atoms with Crippen LogP contribution in [0.2, 0.25) is 5.02 Å². The van der Waals surface area contributed by atoms with Crippen molar-refractivity contribution in [3.63, 3.8) is 0 Å². The summed E-state index contributed by atoms with van der Waals surface area (Å²) in [6.45, 7) is 0. The number of hydrogen-bond donors (Lipinski definition) is 1. The van der Waals surface area contributed by atoms with Gasteiger partial charge in [-0.2, -0.15) is 0 Å². The summed E-state index contributed by atoms with van der Waals surface area (Å²) in [6.07, 6.45) is 0.0189. The minimum atomic E-state index is -0.526. The molecule has 0 spiro atoms. The number of para-hydroxylation sites is 1. The standard InChI is InChI=1S/C11H13ClN2O4/c1-17-11-7(13)5-9(11)18-10-6(12)3-2-4-8(10)14(15)16/h2-4,7,9,11H,5,13H2,1H3. The molecule has 0 heterocycles. The van der Waals surface area contributed by atoms with E-state index in [1.165, 1.54) is 19.2 Å². The van der Waals surface area contributed by atoms with Gasteiger partial charge in [0.15, 0.2) is 0 Å². The van der Waals surface area contributed by atoms with Crippen molar-refractivity contribution < 1.29 is 14.4 Å². The minimum Gasteiger partial charge on any atom is -0.480 e. The molecule has 1 fully saturated rings. The molecule has 1 aromatic rings. The van der Waals surface area contributed by atoms with Crippen molar-refractivity contribution in [3.8, 4) is 5.75 Å². The highest BCUT2D eigenvalue weighted by Crippen LogP contribution is 2.38. The lowest BCUT2D eigenvalue weighted by molar-refractivity contribution is -0.386. The van der Waals surface area contributed by atoms with Crippen LogP contribution in [-0.2, 0) is 4.74 Å². The van der Waals surface area contributed by atoms with Crippen molar-refractivity contribution >= 4 is 17.3 Å². The van der Waals surface area contributed by atoms with Crippen LogP contribution in [0.4, 0.5) is 5.69 Å². The maximum absolute atomic E-state index is 10.9. The SMILES string of the molecule is COC1C(N)CC1Oc1c(Cl)cccc1[N+](=O)[O-]. The molecule has 2 rings (SSSR count). The fourth-order valence-corrected chi connectivity index (χ4v) is 2.18. The average Bonchev–Trinajstić information content (AvgIpc) is 2.30. The lowest BCUT2D eigenvalue weighted by atomic mass is 9.86. The Kier molecular flexibility index (Phi) is 3.70. The summed E-state index contributed by atoms with van der Waals surface area (Å²) in [5.74, 6) is 0.0723. The Bertz CT molecular complexity index is 468. The Morgan fingerprint density at radius 2 is 2.28 bits per heavy atom. The van der Waals surface area contributed by atoms with Crippen LogP contribution in [0.25, 0.3) is 0 Å². The molecule has 0 radical (unpaired) electrons. The summed E-state index contributed by atoms with van der Waals surface area (Å²) in [6, 6.07) is 4.29. The molecule has 1 aliphatic rings. The van der Waals surface area contributed by atoms with Crippen molar-refractivity contribution in [3.05, 3.63) is 33.3 Å². The van der Waals surface area contributed by atoms with Crippen molar-refractivity contribution in [1.29, 1.82) is 0 Å². The summed E-state index contributed by atoms with van der Waals surface area (Å²) in [4.78, 5) is 10.4. The first-order chi connectivity index (χ1) is 8.54. The summed E-state index contributed by atoms with van der Waals surface area (Å²) in [7, 11) is 1.53. The number of ether oxygens (including phenoxy) is 2. The van der Waals surface area contributed by atoms with Crippen LogP contribution in [0.5, 0.6) is 5.75 Å². The molecule has 0 aromatic heterocycles. The molecule has 6 nitrogen and oxygen atoms in total. The minimum absolute atomic E-state index is 0.0723. The van der Waals surface area contributed by atoms with E-state index in [1.807, 2.05) is 0 Å². The average molecular weight is 273 g/mol. The van der Waals surface area contributed by atoms with Gasteiger partial charge in [-0.15, -0.1) is 0 Å². The second-order valence-electron chi connectivity index (χ2n) is 4.10. The fourth-order valence-electron chi connectivity index (χ4n) is 1.97. The number of nitrogens with two attached hydrogens (primary N) is 1. The highest BCUT2D eigenvalue weighted by Gasteiger charge is 2.42. The number of methoxy groups -OCH3 is 1. The van der Waals surface area contributed by atoms with Crippen LogP contribution in [-0.4, -0.2) is 30.3 Å². The molecule has 0 amide bonds. The molecule has 1 aliphatic carbocycles. The van der Waals surface area contributed by atoms with Crippen LogP contribution in [0.1, 0.15) is 6.42 Å². The van der Waals surface area contributed by atoms with Gasteiger partial charge in [-0.3, -0.25) is 10.1 Å². The summed E-state index contributed by atoms with van der Waals surface area (Å²) in [5.41, 5.74) is 5.59. The molecule has 1 saturated carbocycles. The summed E-state index contributed by atoms with van der Waals surface area (Å²) >= 11 is 5.92. The molecule has 3 unspecified atom stereocenters. The van der Waals surface area contributed by atoms with Gasteiger partial charge in [0.25, 0.3) is 0 Å². The third kappa shape index (κ3) is 2.27. The van der Waals surface area contributed by atoms with Crippen LogP contribution in [0, 0.1) is 10.1 Å². The lowest BCUT2D eigenvalue weighted by Crippen LogP contribution is -2.59. The zero-order valence-corrected chi connectivity index (χ0v) is 10.5. The highest BCUT2D eigenvalue weighted by atomic mass is 35.5. The predicted octanol–water partition coefficient (Wildman–Crippen LogP) is 1.74. The van der Waals surface area contributed by atoms with Crippen LogP contribution < -0.4 is 10.5 Å². The first kappa shape index (κ1) is 13.1. The maximum Gasteiger partial charge on any atom is 0.312 e. The van der Waals surface area contributed by atoms with Crippen LogP contribution >= 0.6 is 11.6 Å². The highest BCUT2D eigenvalue weighted by molar-refractivity contribution is 6.32. The van der Waals surface area contributed by atoms with Gasteiger partial charge < -0.3 is 15.2 Å². The van der Waals surface area contributed by atoms with Gasteiger partial charge >= 0.3 is 5.69 Å². The first-order valence-electron chi connectivity index (χ1n) is 5.42. The summed E-state index contributed by atoms with van der Waals surface area (Å²) in [5, 5.41) is 11.1. The predicted molar refractivity (Wildman–Crippen MR) is 65.9 cm³/mol. The quantitative estimate of drug-likeness (QED) is 0.666. The Labute approximate surface area is 109 Å². The van der Waals surface area contributed by atoms with E-state index in [9.17, 15) is 10.1 Å². The van der Waals surface area contributed by atoms with E-state index in [0.29, 0.717) is 6.42 Å². The van der Waals surface area contributed by atoms with E-state index in [2.05, 4.69) is 0 Å². The number of benzene rings is 1. The fraction of sp³-hybridized carbons (Fsp3) is 0.455. The smallest absolute Gasteiger partial charge is 0.312 e. The van der Waals surface area contributed by atoms with Gasteiger partial charge in [0, 0.05) is 25.6 Å². The number of nitrogens with zero attached hydrogens (tertiary/aromatic N) is 1. The Balaban J connectivity index is 2.21. The second-order valence-corrected chi connectivity index (χ2v) is 4.51. The van der Waals surface area contributed by atoms with E-state index in [-0.39, 0.29) is 34.7 Å². The van der Waals surface area contributed by atoms with E-state index >= 15 is 0 Å². The molecule has 2 N–H and O–H groups in total. The third-order valence-corrected chi connectivity index (χ3v) is 3.27. The number of rotatable bonds is 4. The van der Waals surface area contributed by atoms with E-state index in [0.717, 1.165) is 0 Å². The molecule has 18 heavy (non-hydrogen) atoms. The van der Waals surface area contributed by atoms with Crippen LogP contribution in [0.15, 0.2) is 18.2 Å².